The number of carboxylic acids is 1. The van der Waals surface area contributed by atoms with Crippen LogP contribution in [0, 0.1) is 5.92 Å². The first kappa shape index (κ1) is 31.0. The van der Waals surface area contributed by atoms with Gasteiger partial charge in [0, 0.05) is 19.5 Å². The molecule has 14 heteroatoms. The largest absolute Gasteiger partial charge is 0.481 e. The number of aliphatic hydroxyl groups is 6. The molecule has 0 spiro atoms. The quantitative estimate of drug-likeness (QED) is 0.0547. The first-order valence-electron chi connectivity index (χ1n) is 10.3. The molecule has 0 saturated carbocycles. The Kier molecular flexibility index (Phi) is 16.1. The molecule has 2 amide bonds. The van der Waals surface area contributed by atoms with Gasteiger partial charge in [-0.3, -0.25) is 14.4 Å². The van der Waals surface area contributed by atoms with Crippen molar-refractivity contribution in [2.24, 2.45) is 5.92 Å². The van der Waals surface area contributed by atoms with Gasteiger partial charge >= 0.3 is 5.97 Å². The molecule has 0 unspecified atom stereocenters. The Morgan fingerprint density at radius 2 is 1.00 bits per heavy atom. The summed E-state index contributed by atoms with van der Waals surface area (Å²) in [6.07, 6.45) is -1.06. The van der Waals surface area contributed by atoms with Crippen molar-refractivity contribution in [1.82, 2.24) is 10.6 Å². The fourth-order valence-corrected chi connectivity index (χ4v) is 5.88. The number of carboxylic acid groups (broad SMARTS) is 1. The summed E-state index contributed by atoms with van der Waals surface area (Å²) in [5.74, 6) is -3.67. The third-order valence-electron chi connectivity index (χ3n) is 5.30. The van der Waals surface area contributed by atoms with Crippen molar-refractivity contribution in [3.05, 3.63) is 0 Å². The van der Waals surface area contributed by atoms with Crippen molar-refractivity contribution in [3.8, 4) is 0 Å². The second kappa shape index (κ2) is 16.6. The van der Waals surface area contributed by atoms with E-state index in [1.807, 2.05) is 0 Å². The van der Waals surface area contributed by atoms with E-state index in [2.05, 4.69) is 10.6 Å². The summed E-state index contributed by atoms with van der Waals surface area (Å²) in [5.41, 5.74) is 0. The van der Waals surface area contributed by atoms with Crippen molar-refractivity contribution in [1.29, 1.82) is 0 Å². The molecule has 188 valence electrons. The average Bonchev–Trinajstić information content (AvgIpc) is 2.80. The lowest BCUT2D eigenvalue weighted by Crippen LogP contribution is -2.42. The Morgan fingerprint density at radius 1 is 0.656 bits per heavy atom. The topological polar surface area (TPSA) is 217 Å². The molecular formula is C18H38N2O10P2+2. The molecule has 0 aliphatic heterocycles. The van der Waals surface area contributed by atoms with Crippen LogP contribution in [-0.4, -0.2) is 117 Å². The smallest absolute Gasteiger partial charge is 0.303 e. The number of aliphatic carboxylic acids is 1. The molecule has 0 aliphatic rings. The van der Waals surface area contributed by atoms with E-state index in [4.69, 9.17) is 5.11 Å². The first-order valence-corrected chi connectivity index (χ1v) is 15.4. The van der Waals surface area contributed by atoms with Crippen LogP contribution in [0.3, 0.4) is 0 Å². The van der Waals surface area contributed by atoms with Gasteiger partial charge in [-0.2, -0.15) is 0 Å². The molecule has 0 aliphatic carbocycles. The van der Waals surface area contributed by atoms with Crippen molar-refractivity contribution < 1.29 is 50.1 Å². The molecule has 0 atom stereocenters. The van der Waals surface area contributed by atoms with Crippen LogP contribution in [0.2, 0.25) is 0 Å². The Balaban J connectivity index is 4.74. The molecule has 0 rings (SSSR count). The van der Waals surface area contributed by atoms with Gasteiger partial charge in [0.25, 0.3) is 0 Å². The zero-order chi connectivity index (χ0) is 24.6. The number of carbonyl (C=O) groups is 3. The second-order valence-corrected chi connectivity index (χ2v) is 15.7. The van der Waals surface area contributed by atoms with Gasteiger partial charge in [-0.1, -0.05) is 0 Å². The molecule has 32 heavy (non-hydrogen) atoms. The molecule has 0 aromatic rings. The highest BCUT2D eigenvalue weighted by Crippen LogP contribution is 2.56. The number of aliphatic hydroxyl groups excluding tert-OH is 6. The number of hydrogen-bond acceptors (Lipinski definition) is 9. The summed E-state index contributed by atoms with van der Waals surface area (Å²) in [4.78, 5) is 35.8. The first-order chi connectivity index (χ1) is 15.2. The highest BCUT2D eigenvalue weighted by molar-refractivity contribution is 7.75. The Bertz CT molecular complexity index is 517. The minimum Gasteiger partial charge on any atom is -0.481 e. The zero-order valence-electron chi connectivity index (χ0n) is 18.2. The monoisotopic (exact) mass is 504 g/mol. The predicted octanol–water partition coefficient (Wildman–Crippen LogP) is -1.79. The van der Waals surface area contributed by atoms with Crippen LogP contribution in [0.5, 0.6) is 0 Å². The molecular weight excluding hydrogens is 466 g/mol. The van der Waals surface area contributed by atoms with E-state index in [0.717, 1.165) is 0 Å². The Morgan fingerprint density at radius 3 is 1.28 bits per heavy atom. The summed E-state index contributed by atoms with van der Waals surface area (Å²) in [5, 5.41) is 70.2. The van der Waals surface area contributed by atoms with Gasteiger partial charge in [-0.15, -0.1) is 0 Å². The van der Waals surface area contributed by atoms with Gasteiger partial charge in [0.15, 0.2) is 38.1 Å². The number of nitrogens with one attached hydrogen (secondary N) is 2. The lowest BCUT2D eigenvalue weighted by atomic mass is 10.0. The molecule has 0 bridgehead atoms. The van der Waals surface area contributed by atoms with Crippen LogP contribution < -0.4 is 10.6 Å². The fourth-order valence-electron chi connectivity index (χ4n) is 2.84. The summed E-state index contributed by atoms with van der Waals surface area (Å²) >= 11 is 0. The van der Waals surface area contributed by atoms with Gasteiger partial charge < -0.3 is 46.4 Å². The normalized spacial score (nSPS) is 12.1. The van der Waals surface area contributed by atoms with Crippen LogP contribution in [0.4, 0.5) is 0 Å². The molecule has 0 saturated heterocycles. The SMILES string of the molecule is O=C(O)CCC(C(=O)NCCC[P+](CO)(CO)CO)C(=O)NCCC[P+](CO)(CO)CO. The van der Waals surface area contributed by atoms with Crippen LogP contribution in [0.15, 0.2) is 0 Å². The predicted molar refractivity (Wildman–Crippen MR) is 122 cm³/mol. The average molecular weight is 504 g/mol. The maximum absolute atomic E-state index is 12.5. The summed E-state index contributed by atoms with van der Waals surface area (Å²) < 4.78 is 0. The van der Waals surface area contributed by atoms with Crippen molar-refractivity contribution >= 4 is 32.3 Å². The number of amides is 2. The Hall–Kier alpha value is -0.970. The van der Waals surface area contributed by atoms with E-state index in [1.165, 1.54) is 0 Å². The standard InChI is InChI=1S/C18H36N2O10P2/c21-9-31(10-22,11-23)7-1-5-19-17(29)15(3-4-16(27)28)18(30)20-6-2-8-32(12-24,13-25)14-26/h15,21-26H,1-14H2,(H-2,19,20,27,28,29,30)/p+2. The van der Waals surface area contributed by atoms with Crippen LogP contribution in [0.25, 0.3) is 0 Å². The molecule has 0 radical (unpaired) electrons. The van der Waals surface area contributed by atoms with Crippen LogP contribution in [0.1, 0.15) is 25.7 Å². The highest BCUT2D eigenvalue weighted by atomic mass is 31.2. The lowest BCUT2D eigenvalue weighted by Gasteiger charge is -2.21. The van der Waals surface area contributed by atoms with Crippen molar-refractivity contribution in [2.75, 3.05) is 63.5 Å². The van der Waals surface area contributed by atoms with Gasteiger partial charge in [-0.25, -0.2) is 0 Å². The third-order valence-corrected chi connectivity index (χ3v) is 11.4. The number of hydrogen-bond donors (Lipinski definition) is 9. The van der Waals surface area contributed by atoms with Gasteiger partial charge in [0.1, 0.15) is 5.92 Å². The van der Waals surface area contributed by atoms with Crippen molar-refractivity contribution in [2.45, 2.75) is 25.7 Å². The molecule has 0 aromatic heterocycles. The van der Waals surface area contributed by atoms with Gasteiger partial charge in [-0.05, 0) is 19.3 Å². The molecule has 0 aromatic carbocycles. The maximum Gasteiger partial charge on any atom is 0.303 e. The minimum absolute atomic E-state index is 0.133. The molecule has 9 N–H and O–H groups in total. The van der Waals surface area contributed by atoms with E-state index < -0.39 is 38.2 Å². The van der Waals surface area contributed by atoms with Crippen LogP contribution >= 0.6 is 14.5 Å². The molecule has 12 nitrogen and oxygen atoms in total. The summed E-state index contributed by atoms with van der Waals surface area (Å²) in [6.45, 7) is 0.266. The van der Waals surface area contributed by atoms with Gasteiger partial charge in [0.2, 0.25) is 11.8 Å². The van der Waals surface area contributed by atoms with E-state index >= 15 is 0 Å². The minimum atomic E-state index is -2.30. The number of carbonyl (C=O) groups excluding carboxylic acids is 2. The number of rotatable bonds is 19. The third kappa shape index (κ3) is 10.8. The second-order valence-electron chi connectivity index (χ2n) is 7.75. The fraction of sp³-hybridized carbons (Fsp3) is 0.833. The zero-order valence-corrected chi connectivity index (χ0v) is 20.0. The Labute approximate surface area is 188 Å². The maximum atomic E-state index is 12.5. The highest BCUT2D eigenvalue weighted by Gasteiger charge is 2.36. The molecule has 0 heterocycles. The van der Waals surface area contributed by atoms with E-state index in [1.54, 1.807) is 0 Å². The molecule has 0 fully saturated rings. The lowest BCUT2D eigenvalue weighted by molar-refractivity contribution is -0.138. The summed E-state index contributed by atoms with van der Waals surface area (Å²) in [6, 6.07) is 0. The van der Waals surface area contributed by atoms with E-state index in [0.29, 0.717) is 25.2 Å². The summed E-state index contributed by atoms with van der Waals surface area (Å²) in [7, 11) is -4.60. The van der Waals surface area contributed by atoms with Crippen LogP contribution in [-0.2, 0) is 14.4 Å². The van der Waals surface area contributed by atoms with E-state index in [-0.39, 0.29) is 64.0 Å². The van der Waals surface area contributed by atoms with E-state index in [9.17, 15) is 45.0 Å². The van der Waals surface area contributed by atoms with Crippen molar-refractivity contribution in [3.63, 3.8) is 0 Å². The van der Waals surface area contributed by atoms with Gasteiger partial charge in [0.05, 0.1) is 26.8 Å².